The molecule has 1 aliphatic rings. The number of halogens is 1. The largest absolute Gasteiger partial charge is 0.361 e. The first-order valence-electron chi connectivity index (χ1n) is 9.80. The van der Waals surface area contributed by atoms with Crippen molar-refractivity contribution in [1.29, 1.82) is 0 Å². The predicted molar refractivity (Wildman–Crippen MR) is 106 cm³/mol. The third kappa shape index (κ3) is 4.18. The molecule has 0 spiro atoms. The van der Waals surface area contributed by atoms with Gasteiger partial charge in [0, 0.05) is 24.3 Å². The van der Waals surface area contributed by atoms with Crippen LogP contribution in [0.3, 0.4) is 0 Å². The number of aromatic nitrogens is 3. The van der Waals surface area contributed by atoms with Gasteiger partial charge in [-0.3, -0.25) is 4.79 Å². The van der Waals surface area contributed by atoms with E-state index in [4.69, 9.17) is 4.52 Å². The summed E-state index contributed by atoms with van der Waals surface area (Å²) in [7, 11) is 0. The van der Waals surface area contributed by atoms with Crippen LogP contribution in [-0.2, 0) is 6.42 Å². The lowest BCUT2D eigenvalue weighted by Gasteiger charge is -2.32. The van der Waals surface area contributed by atoms with Crippen molar-refractivity contribution in [3.05, 3.63) is 65.2 Å². The maximum atomic E-state index is 13.5. The van der Waals surface area contributed by atoms with E-state index in [1.54, 1.807) is 18.5 Å². The monoisotopic (exact) mass is 394 g/mol. The van der Waals surface area contributed by atoms with Crippen LogP contribution >= 0.6 is 0 Å². The highest BCUT2D eigenvalue weighted by Crippen LogP contribution is 2.27. The van der Waals surface area contributed by atoms with Gasteiger partial charge in [-0.15, -0.1) is 0 Å². The van der Waals surface area contributed by atoms with E-state index in [0.717, 1.165) is 47.7 Å². The first kappa shape index (κ1) is 19.2. The second kappa shape index (κ2) is 8.11. The summed E-state index contributed by atoms with van der Waals surface area (Å²) in [5, 5.41) is 4.00. The van der Waals surface area contributed by atoms with Crippen molar-refractivity contribution in [3.8, 4) is 11.3 Å². The maximum Gasteiger partial charge on any atom is 0.253 e. The van der Waals surface area contributed by atoms with Crippen LogP contribution in [0.2, 0.25) is 0 Å². The summed E-state index contributed by atoms with van der Waals surface area (Å²) in [6.07, 6.45) is 4.27. The highest BCUT2D eigenvalue weighted by atomic mass is 19.1. The summed E-state index contributed by atoms with van der Waals surface area (Å²) in [6.45, 7) is 5.10. The smallest absolute Gasteiger partial charge is 0.253 e. The van der Waals surface area contributed by atoms with E-state index in [2.05, 4.69) is 15.1 Å². The second-order valence-electron chi connectivity index (χ2n) is 7.57. The Bertz CT molecular complexity index is 1010. The quantitative estimate of drug-likeness (QED) is 0.669. The molecule has 1 saturated heterocycles. The van der Waals surface area contributed by atoms with Crippen molar-refractivity contribution in [2.75, 3.05) is 13.1 Å². The van der Waals surface area contributed by atoms with Gasteiger partial charge in [0.1, 0.15) is 17.9 Å². The Hall–Kier alpha value is -3.09. The van der Waals surface area contributed by atoms with E-state index in [-0.39, 0.29) is 5.91 Å². The molecule has 0 aliphatic carbocycles. The summed E-state index contributed by atoms with van der Waals surface area (Å²) in [5.74, 6) is 0.524. The number of aryl methyl sites for hydroxylation is 2. The molecular formula is C22H23FN4O2. The van der Waals surface area contributed by atoms with Crippen LogP contribution in [0.15, 0.2) is 41.2 Å². The van der Waals surface area contributed by atoms with Crippen LogP contribution in [0.1, 0.15) is 40.3 Å². The average Bonchev–Trinajstić information content (AvgIpc) is 3.06. The lowest BCUT2D eigenvalue weighted by Crippen LogP contribution is -2.40. The minimum absolute atomic E-state index is 0.117. The standard InChI is InChI=1S/C22H23FN4O2/c1-14-21(15(2)29-26-14)20-11-19(24-13-25-20)9-16-5-4-8-27(12-16)22(28)17-6-3-7-18(23)10-17/h3,6-7,10-11,13,16H,4-5,8-9,12H2,1-2H3/t16-/m1/s1. The number of hydrogen-bond donors (Lipinski definition) is 0. The van der Waals surface area contributed by atoms with Gasteiger partial charge in [-0.2, -0.15) is 0 Å². The summed E-state index contributed by atoms with van der Waals surface area (Å²) in [6, 6.07) is 7.85. The fraction of sp³-hybridized carbons (Fsp3) is 0.364. The molecule has 1 amide bonds. The third-order valence-electron chi connectivity index (χ3n) is 5.39. The van der Waals surface area contributed by atoms with Crippen molar-refractivity contribution < 1.29 is 13.7 Å². The van der Waals surface area contributed by atoms with Crippen LogP contribution < -0.4 is 0 Å². The van der Waals surface area contributed by atoms with Gasteiger partial charge in [-0.1, -0.05) is 11.2 Å². The zero-order valence-electron chi connectivity index (χ0n) is 16.6. The van der Waals surface area contributed by atoms with Gasteiger partial charge in [0.05, 0.1) is 17.0 Å². The first-order valence-corrected chi connectivity index (χ1v) is 9.80. The first-order chi connectivity index (χ1) is 14.0. The molecule has 0 unspecified atom stereocenters. The molecule has 2 aromatic heterocycles. The summed E-state index contributed by atoms with van der Waals surface area (Å²) in [4.78, 5) is 23.4. The van der Waals surface area contributed by atoms with Crippen molar-refractivity contribution in [2.24, 2.45) is 5.92 Å². The van der Waals surface area contributed by atoms with E-state index < -0.39 is 5.82 Å². The number of amides is 1. The molecule has 1 aromatic carbocycles. The lowest BCUT2D eigenvalue weighted by molar-refractivity contribution is 0.0672. The third-order valence-corrected chi connectivity index (χ3v) is 5.39. The number of rotatable bonds is 4. The molecule has 3 aromatic rings. The molecule has 0 radical (unpaired) electrons. The molecule has 150 valence electrons. The van der Waals surface area contributed by atoms with Crippen molar-refractivity contribution >= 4 is 5.91 Å². The Balaban J connectivity index is 1.47. The SMILES string of the molecule is Cc1noc(C)c1-c1cc(C[C@H]2CCCN(C(=O)c3cccc(F)c3)C2)ncn1. The molecule has 0 saturated carbocycles. The van der Waals surface area contributed by atoms with Gasteiger partial charge in [-0.25, -0.2) is 14.4 Å². The molecule has 1 atom stereocenters. The van der Waals surface area contributed by atoms with E-state index in [0.29, 0.717) is 24.6 Å². The minimum Gasteiger partial charge on any atom is -0.361 e. The number of hydrogen-bond acceptors (Lipinski definition) is 5. The van der Waals surface area contributed by atoms with E-state index in [1.165, 1.54) is 12.1 Å². The molecule has 6 nitrogen and oxygen atoms in total. The van der Waals surface area contributed by atoms with Crippen molar-refractivity contribution in [3.63, 3.8) is 0 Å². The topological polar surface area (TPSA) is 72.1 Å². The number of piperidine rings is 1. The average molecular weight is 394 g/mol. The Morgan fingerprint density at radius 1 is 1.28 bits per heavy atom. The molecule has 3 heterocycles. The number of benzene rings is 1. The second-order valence-corrected chi connectivity index (χ2v) is 7.57. The molecular weight excluding hydrogens is 371 g/mol. The van der Waals surface area contributed by atoms with Crippen LogP contribution in [-0.4, -0.2) is 39.0 Å². The van der Waals surface area contributed by atoms with Gasteiger partial charge in [-0.05, 0) is 63.3 Å². The van der Waals surface area contributed by atoms with Gasteiger partial charge in [0.15, 0.2) is 0 Å². The fourth-order valence-corrected chi connectivity index (χ4v) is 4.01. The molecule has 1 fully saturated rings. The fourth-order valence-electron chi connectivity index (χ4n) is 4.01. The molecule has 7 heteroatoms. The van der Waals surface area contributed by atoms with E-state index >= 15 is 0 Å². The molecule has 29 heavy (non-hydrogen) atoms. The Morgan fingerprint density at radius 3 is 2.90 bits per heavy atom. The van der Waals surface area contributed by atoms with Gasteiger partial charge < -0.3 is 9.42 Å². The van der Waals surface area contributed by atoms with Crippen molar-refractivity contribution in [2.45, 2.75) is 33.1 Å². The maximum absolute atomic E-state index is 13.5. The summed E-state index contributed by atoms with van der Waals surface area (Å²) < 4.78 is 18.7. The molecule has 0 bridgehead atoms. The van der Waals surface area contributed by atoms with E-state index in [9.17, 15) is 9.18 Å². The highest BCUT2D eigenvalue weighted by Gasteiger charge is 2.25. The highest BCUT2D eigenvalue weighted by molar-refractivity contribution is 5.94. The zero-order chi connectivity index (χ0) is 20.4. The number of nitrogens with zero attached hydrogens (tertiary/aromatic N) is 4. The number of likely N-dealkylation sites (tertiary alicyclic amines) is 1. The van der Waals surface area contributed by atoms with Crippen LogP contribution in [0.25, 0.3) is 11.3 Å². The van der Waals surface area contributed by atoms with Crippen LogP contribution in [0, 0.1) is 25.6 Å². The molecule has 0 N–H and O–H groups in total. The molecule has 4 rings (SSSR count). The summed E-state index contributed by atoms with van der Waals surface area (Å²) >= 11 is 0. The Kier molecular flexibility index (Phi) is 5.38. The number of carbonyl (C=O) groups excluding carboxylic acids is 1. The van der Waals surface area contributed by atoms with Gasteiger partial charge in [0.2, 0.25) is 0 Å². The normalized spacial score (nSPS) is 16.8. The number of carbonyl (C=O) groups is 1. The van der Waals surface area contributed by atoms with Gasteiger partial charge >= 0.3 is 0 Å². The lowest BCUT2D eigenvalue weighted by atomic mass is 9.92. The van der Waals surface area contributed by atoms with E-state index in [1.807, 2.05) is 24.8 Å². The predicted octanol–water partition coefficient (Wildman–Crippen LogP) is 3.98. The van der Waals surface area contributed by atoms with Crippen molar-refractivity contribution in [1.82, 2.24) is 20.0 Å². The van der Waals surface area contributed by atoms with Crippen LogP contribution in [0.4, 0.5) is 4.39 Å². The van der Waals surface area contributed by atoms with Crippen LogP contribution in [0.5, 0.6) is 0 Å². The van der Waals surface area contributed by atoms with Gasteiger partial charge in [0.25, 0.3) is 5.91 Å². The summed E-state index contributed by atoms with van der Waals surface area (Å²) in [5.41, 5.74) is 3.83. The molecule has 1 aliphatic heterocycles. The Labute approximate surface area is 168 Å². The zero-order valence-corrected chi connectivity index (χ0v) is 16.6. The minimum atomic E-state index is -0.391. The Morgan fingerprint density at radius 2 is 2.14 bits per heavy atom.